The van der Waals surface area contributed by atoms with Crippen molar-refractivity contribution in [2.45, 2.75) is 39.0 Å². The van der Waals surface area contributed by atoms with Crippen molar-refractivity contribution in [1.29, 1.82) is 0 Å². The van der Waals surface area contributed by atoms with Gasteiger partial charge in [-0.3, -0.25) is 0 Å². The summed E-state index contributed by atoms with van der Waals surface area (Å²) in [4.78, 5) is 0. The van der Waals surface area contributed by atoms with Gasteiger partial charge in [-0.1, -0.05) is 24.6 Å². The summed E-state index contributed by atoms with van der Waals surface area (Å²) in [6.07, 6.45) is 10.7. The predicted molar refractivity (Wildman–Crippen MR) is 68.0 cm³/mol. The minimum Gasteiger partial charge on any atom is -0.216 e. The van der Waals surface area contributed by atoms with E-state index in [9.17, 15) is 0 Å². The highest BCUT2D eigenvalue weighted by atomic mass is 35.5. The second kappa shape index (κ2) is 7.08. The lowest BCUT2D eigenvalue weighted by molar-refractivity contribution is 0.411. The molecule has 2 heteroatoms. The van der Waals surface area contributed by atoms with E-state index >= 15 is 0 Å². The summed E-state index contributed by atoms with van der Waals surface area (Å²) in [6.45, 7) is 7.67. The van der Waals surface area contributed by atoms with Crippen LogP contribution in [0, 0.1) is 5.92 Å². The van der Waals surface area contributed by atoms with E-state index in [1.807, 2.05) is 10.5 Å². The van der Waals surface area contributed by atoms with E-state index in [0.717, 1.165) is 19.0 Å². The minimum atomic E-state index is 0.750. The molecule has 1 rings (SSSR count). The molecule has 0 aromatic rings. The number of halogens is 1. The van der Waals surface area contributed by atoms with Crippen molar-refractivity contribution < 1.29 is 0 Å². The van der Waals surface area contributed by atoms with Crippen LogP contribution in [0.15, 0.2) is 24.3 Å². The normalized spacial score (nSPS) is 21.5. The maximum absolute atomic E-state index is 6.01. The highest BCUT2D eigenvalue weighted by Crippen LogP contribution is 2.27. The van der Waals surface area contributed by atoms with Crippen molar-refractivity contribution in [2.24, 2.45) is 5.92 Å². The third-order valence-corrected chi connectivity index (χ3v) is 3.38. The van der Waals surface area contributed by atoms with Crippen LogP contribution in [0.5, 0.6) is 0 Å². The standard InChI is InChI=1S/C13H22ClN/c1-3-9-15(14)10-8-13-7-5-6-12(4-2)11-13/h3,11,13H,1,4-10H2,2H3. The molecule has 0 fully saturated rings. The molecule has 0 heterocycles. The monoisotopic (exact) mass is 227 g/mol. The Morgan fingerprint density at radius 1 is 1.67 bits per heavy atom. The summed E-state index contributed by atoms with van der Waals surface area (Å²) in [5.41, 5.74) is 1.64. The Morgan fingerprint density at radius 3 is 3.13 bits per heavy atom. The molecule has 0 radical (unpaired) electrons. The van der Waals surface area contributed by atoms with Gasteiger partial charge in [0.15, 0.2) is 0 Å². The Kier molecular flexibility index (Phi) is 6.04. The first-order chi connectivity index (χ1) is 7.26. The summed E-state index contributed by atoms with van der Waals surface area (Å²) >= 11 is 6.01. The average molecular weight is 228 g/mol. The molecule has 15 heavy (non-hydrogen) atoms. The van der Waals surface area contributed by atoms with Crippen molar-refractivity contribution in [3.63, 3.8) is 0 Å². The molecule has 0 saturated carbocycles. The summed E-state index contributed by atoms with van der Waals surface area (Å²) in [5, 5.41) is 0. The predicted octanol–water partition coefficient (Wildman–Crippen LogP) is 4.15. The summed E-state index contributed by atoms with van der Waals surface area (Å²) < 4.78 is 1.82. The third kappa shape index (κ3) is 4.85. The van der Waals surface area contributed by atoms with E-state index in [1.165, 1.54) is 32.1 Å². The van der Waals surface area contributed by atoms with E-state index in [4.69, 9.17) is 11.8 Å². The molecule has 0 aliphatic heterocycles. The lowest BCUT2D eigenvalue weighted by Crippen LogP contribution is -2.17. The van der Waals surface area contributed by atoms with Crippen LogP contribution in [0.2, 0.25) is 0 Å². The Balaban J connectivity index is 2.29. The van der Waals surface area contributed by atoms with Gasteiger partial charge in [0.2, 0.25) is 0 Å². The Morgan fingerprint density at radius 2 is 2.47 bits per heavy atom. The van der Waals surface area contributed by atoms with Crippen molar-refractivity contribution >= 4 is 11.8 Å². The first-order valence-electron chi connectivity index (χ1n) is 5.97. The van der Waals surface area contributed by atoms with Crippen LogP contribution < -0.4 is 0 Å². The number of hydrogen-bond donors (Lipinski definition) is 0. The molecule has 1 aliphatic carbocycles. The topological polar surface area (TPSA) is 3.24 Å². The van der Waals surface area contributed by atoms with Gasteiger partial charge in [-0.05, 0) is 49.8 Å². The molecule has 0 spiro atoms. The van der Waals surface area contributed by atoms with Crippen molar-refractivity contribution in [2.75, 3.05) is 13.1 Å². The Bertz CT molecular complexity index is 223. The molecule has 0 aromatic heterocycles. The summed E-state index contributed by atoms with van der Waals surface area (Å²) in [6, 6.07) is 0. The van der Waals surface area contributed by atoms with Gasteiger partial charge in [-0.25, -0.2) is 4.42 Å². The molecule has 0 aromatic carbocycles. The number of rotatable bonds is 6. The lowest BCUT2D eigenvalue weighted by atomic mass is 9.87. The van der Waals surface area contributed by atoms with Gasteiger partial charge in [0.05, 0.1) is 0 Å². The average Bonchev–Trinajstić information content (AvgIpc) is 2.27. The van der Waals surface area contributed by atoms with Crippen LogP contribution in [0.25, 0.3) is 0 Å². The second-order valence-corrected chi connectivity index (χ2v) is 4.76. The van der Waals surface area contributed by atoms with Crippen molar-refractivity contribution in [1.82, 2.24) is 4.42 Å². The maximum atomic E-state index is 6.01. The van der Waals surface area contributed by atoms with Gasteiger partial charge in [0.1, 0.15) is 0 Å². The fourth-order valence-corrected chi connectivity index (χ4v) is 2.35. The van der Waals surface area contributed by atoms with E-state index in [0.29, 0.717) is 0 Å². The van der Waals surface area contributed by atoms with Crippen LogP contribution in [0.1, 0.15) is 39.0 Å². The fourth-order valence-electron chi connectivity index (χ4n) is 2.15. The molecule has 1 nitrogen and oxygen atoms in total. The van der Waals surface area contributed by atoms with Gasteiger partial charge in [0, 0.05) is 13.1 Å². The summed E-state index contributed by atoms with van der Waals surface area (Å²) in [5.74, 6) is 0.750. The zero-order chi connectivity index (χ0) is 11.1. The highest BCUT2D eigenvalue weighted by molar-refractivity contribution is 6.13. The van der Waals surface area contributed by atoms with Gasteiger partial charge >= 0.3 is 0 Å². The first-order valence-corrected chi connectivity index (χ1v) is 6.31. The third-order valence-electron chi connectivity index (χ3n) is 3.07. The van der Waals surface area contributed by atoms with E-state index < -0.39 is 0 Å². The van der Waals surface area contributed by atoms with Crippen LogP contribution >= 0.6 is 11.8 Å². The SMILES string of the molecule is C=CCN(Cl)CCC1C=C(CC)CCC1. The van der Waals surface area contributed by atoms with Crippen molar-refractivity contribution in [3.05, 3.63) is 24.3 Å². The maximum Gasteiger partial charge on any atom is 0.0317 e. The molecule has 1 unspecified atom stereocenters. The second-order valence-electron chi connectivity index (χ2n) is 4.28. The molecule has 1 aliphatic rings. The zero-order valence-electron chi connectivity index (χ0n) is 9.71. The Hall–Kier alpha value is -0.270. The Labute approximate surface area is 98.9 Å². The molecule has 0 N–H and O–H groups in total. The van der Waals surface area contributed by atoms with Crippen molar-refractivity contribution in [3.8, 4) is 0 Å². The van der Waals surface area contributed by atoms with Crippen LogP contribution in [0.4, 0.5) is 0 Å². The van der Waals surface area contributed by atoms with Crippen LogP contribution in [-0.4, -0.2) is 17.5 Å². The van der Waals surface area contributed by atoms with E-state index in [-0.39, 0.29) is 0 Å². The first kappa shape index (κ1) is 12.8. The molecule has 1 atom stereocenters. The van der Waals surface area contributed by atoms with Gasteiger partial charge in [-0.2, -0.15) is 0 Å². The largest absolute Gasteiger partial charge is 0.216 e. The van der Waals surface area contributed by atoms with E-state index in [1.54, 1.807) is 5.57 Å². The molecular weight excluding hydrogens is 206 g/mol. The van der Waals surface area contributed by atoms with Gasteiger partial charge < -0.3 is 0 Å². The van der Waals surface area contributed by atoms with E-state index in [2.05, 4.69) is 19.6 Å². The fraction of sp³-hybridized carbons (Fsp3) is 0.692. The van der Waals surface area contributed by atoms with Gasteiger partial charge in [0.25, 0.3) is 0 Å². The van der Waals surface area contributed by atoms with Crippen LogP contribution in [0.3, 0.4) is 0 Å². The minimum absolute atomic E-state index is 0.750. The summed E-state index contributed by atoms with van der Waals surface area (Å²) in [7, 11) is 0. The molecule has 0 amide bonds. The number of nitrogens with zero attached hydrogens (tertiary/aromatic N) is 1. The molecule has 0 bridgehead atoms. The zero-order valence-corrected chi connectivity index (χ0v) is 10.5. The number of allylic oxidation sites excluding steroid dienone is 2. The quantitative estimate of drug-likeness (QED) is 0.487. The van der Waals surface area contributed by atoms with Gasteiger partial charge in [-0.15, -0.1) is 6.58 Å². The highest BCUT2D eigenvalue weighted by Gasteiger charge is 2.13. The molecular formula is C13H22ClN. The number of hydrogen-bond acceptors (Lipinski definition) is 1. The lowest BCUT2D eigenvalue weighted by Gasteiger charge is -2.22. The van der Waals surface area contributed by atoms with Crippen LogP contribution in [-0.2, 0) is 0 Å². The molecule has 86 valence electrons. The molecule has 0 saturated heterocycles. The smallest absolute Gasteiger partial charge is 0.0317 e.